The first-order chi connectivity index (χ1) is 13.5. The fraction of sp³-hybridized carbons (Fsp3) is 0.350. The Hall–Kier alpha value is -2.38. The minimum atomic E-state index is -0.383. The van der Waals surface area contributed by atoms with E-state index < -0.39 is 0 Å². The van der Waals surface area contributed by atoms with Crippen molar-refractivity contribution >= 4 is 40.7 Å². The number of nitrogens with one attached hydrogen (secondary N) is 3. The monoisotopic (exact) mass is 419 g/mol. The molecule has 0 aliphatic heterocycles. The zero-order valence-electron chi connectivity index (χ0n) is 15.3. The first kappa shape index (κ1) is 20.4. The van der Waals surface area contributed by atoms with E-state index in [9.17, 15) is 14.4 Å². The van der Waals surface area contributed by atoms with Crippen molar-refractivity contribution in [1.82, 2.24) is 16.2 Å². The van der Waals surface area contributed by atoms with E-state index in [4.69, 9.17) is 11.6 Å². The molecule has 3 N–H and O–H groups in total. The molecule has 6 nitrogen and oxygen atoms in total. The SMILES string of the molecule is O=C(CCNC(=O)c1ccccc1Cl)NNC(=O)c1cc2c(s1)CCCCC2. The summed E-state index contributed by atoms with van der Waals surface area (Å²) in [5.41, 5.74) is 6.44. The van der Waals surface area contributed by atoms with Gasteiger partial charge in [0.25, 0.3) is 11.8 Å². The second kappa shape index (κ2) is 9.71. The van der Waals surface area contributed by atoms with E-state index in [0.717, 1.165) is 25.7 Å². The number of rotatable bonds is 5. The summed E-state index contributed by atoms with van der Waals surface area (Å²) in [6.45, 7) is 0.138. The van der Waals surface area contributed by atoms with Crippen molar-refractivity contribution in [2.75, 3.05) is 6.54 Å². The lowest BCUT2D eigenvalue weighted by Gasteiger charge is -2.08. The molecule has 148 valence electrons. The topological polar surface area (TPSA) is 87.3 Å². The van der Waals surface area contributed by atoms with Crippen LogP contribution >= 0.6 is 22.9 Å². The summed E-state index contributed by atoms with van der Waals surface area (Å²) in [4.78, 5) is 38.1. The lowest BCUT2D eigenvalue weighted by molar-refractivity contribution is -0.121. The molecule has 3 amide bonds. The van der Waals surface area contributed by atoms with Crippen LogP contribution in [0.2, 0.25) is 5.02 Å². The lowest BCUT2D eigenvalue weighted by Crippen LogP contribution is -2.42. The Balaban J connectivity index is 1.41. The Bertz CT molecular complexity index is 858. The van der Waals surface area contributed by atoms with Crippen LogP contribution in [0.4, 0.5) is 0 Å². The number of carbonyl (C=O) groups is 3. The highest BCUT2D eigenvalue weighted by atomic mass is 35.5. The Labute approximate surface area is 172 Å². The first-order valence-electron chi connectivity index (χ1n) is 9.28. The summed E-state index contributed by atoms with van der Waals surface area (Å²) in [5, 5.41) is 2.99. The average molecular weight is 420 g/mol. The van der Waals surface area contributed by atoms with Crippen molar-refractivity contribution in [3.05, 3.63) is 56.2 Å². The molecule has 1 aliphatic rings. The number of benzene rings is 1. The summed E-state index contributed by atoms with van der Waals surface area (Å²) < 4.78 is 0. The quantitative estimate of drug-likeness (QED) is 0.513. The largest absolute Gasteiger partial charge is 0.351 e. The van der Waals surface area contributed by atoms with Crippen LogP contribution in [0.5, 0.6) is 0 Å². The molecule has 0 radical (unpaired) electrons. The van der Waals surface area contributed by atoms with Gasteiger partial charge in [0.1, 0.15) is 0 Å². The van der Waals surface area contributed by atoms with Gasteiger partial charge < -0.3 is 5.32 Å². The Morgan fingerprint density at radius 1 is 1.00 bits per heavy atom. The van der Waals surface area contributed by atoms with Crippen LogP contribution in [0.15, 0.2) is 30.3 Å². The molecule has 0 atom stereocenters. The zero-order chi connectivity index (χ0) is 19.9. The van der Waals surface area contributed by atoms with E-state index in [2.05, 4.69) is 16.2 Å². The lowest BCUT2D eigenvalue weighted by atomic mass is 10.1. The smallest absolute Gasteiger partial charge is 0.279 e. The third kappa shape index (κ3) is 5.33. The first-order valence-corrected chi connectivity index (χ1v) is 10.5. The van der Waals surface area contributed by atoms with Gasteiger partial charge in [-0.05, 0) is 49.4 Å². The molecule has 8 heteroatoms. The molecule has 0 spiro atoms. The predicted molar refractivity (Wildman–Crippen MR) is 110 cm³/mol. The second-order valence-electron chi connectivity index (χ2n) is 6.61. The number of amides is 3. The summed E-state index contributed by atoms with van der Waals surface area (Å²) in [6.07, 6.45) is 5.61. The number of aryl methyl sites for hydroxylation is 2. The molecule has 28 heavy (non-hydrogen) atoms. The van der Waals surface area contributed by atoms with Crippen molar-refractivity contribution in [3.63, 3.8) is 0 Å². The van der Waals surface area contributed by atoms with Gasteiger partial charge in [-0.1, -0.05) is 30.2 Å². The molecule has 0 unspecified atom stereocenters. The van der Waals surface area contributed by atoms with Gasteiger partial charge in [-0.3, -0.25) is 25.2 Å². The van der Waals surface area contributed by atoms with Crippen LogP contribution in [0.3, 0.4) is 0 Å². The van der Waals surface area contributed by atoms with Crippen LogP contribution in [0.25, 0.3) is 0 Å². The third-order valence-electron chi connectivity index (χ3n) is 4.54. The normalized spacial score (nSPS) is 13.2. The minimum Gasteiger partial charge on any atom is -0.351 e. The number of carbonyl (C=O) groups excluding carboxylic acids is 3. The molecule has 1 heterocycles. The van der Waals surface area contributed by atoms with Crippen molar-refractivity contribution in [2.45, 2.75) is 38.5 Å². The molecule has 0 fully saturated rings. The maximum absolute atomic E-state index is 12.3. The summed E-state index contributed by atoms with van der Waals surface area (Å²) in [6, 6.07) is 8.62. The maximum Gasteiger partial charge on any atom is 0.279 e. The number of fused-ring (bicyclic) bond motifs is 1. The van der Waals surface area contributed by atoms with E-state index in [1.807, 2.05) is 6.07 Å². The highest BCUT2D eigenvalue weighted by molar-refractivity contribution is 7.14. The van der Waals surface area contributed by atoms with Crippen molar-refractivity contribution in [1.29, 1.82) is 0 Å². The van der Waals surface area contributed by atoms with Crippen LogP contribution < -0.4 is 16.2 Å². The van der Waals surface area contributed by atoms with Crippen LogP contribution in [0, 0.1) is 0 Å². The number of hydrogen-bond acceptors (Lipinski definition) is 4. The highest BCUT2D eigenvalue weighted by Gasteiger charge is 2.17. The molecule has 2 aromatic rings. The fourth-order valence-electron chi connectivity index (χ4n) is 3.06. The van der Waals surface area contributed by atoms with E-state index in [-0.39, 0.29) is 30.7 Å². The maximum atomic E-state index is 12.3. The molecule has 1 aromatic carbocycles. The molecule has 0 bridgehead atoms. The minimum absolute atomic E-state index is 0.0391. The predicted octanol–water partition coefficient (Wildman–Crippen LogP) is 3.25. The zero-order valence-corrected chi connectivity index (χ0v) is 16.9. The van der Waals surface area contributed by atoms with E-state index >= 15 is 0 Å². The van der Waals surface area contributed by atoms with Crippen molar-refractivity contribution in [2.24, 2.45) is 0 Å². The van der Waals surface area contributed by atoms with Gasteiger partial charge in [-0.25, -0.2) is 0 Å². The van der Waals surface area contributed by atoms with Gasteiger partial charge in [0.2, 0.25) is 5.91 Å². The molecule has 1 aliphatic carbocycles. The Morgan fingerprint density at radius 2 is 1.79 bits per heavy atom. The van der Waals surface area contributed by atoms with Crippen LogP contribution in [-0.4, -0.2) is 24.3 Å². The van der Waals surface area contributed by atoms with Gasteiger partial charge in [-0.15, -0.1) is 11.3 Å². The number of hydrazine groups is 1. The summed E-state index contributed by atoms with van der Waals surface area (Å²) in [7, 11) is 0. The van der Waals surface area contributed by atoms with E-state index in [0.29, 0.717) is 15.5 Å². The molecule has 0 saturated heterocycles. The number of hydrogen-bond donors (Lipinski definition) is 3. The summed E-state index contributed by atoms with van der Waals surface area (Å²) in [5.74, 6) is -1.04. The summed E-state index contributed by atoms with van der Waals surface area (Å²) >= 11 is 7.46. The van der Waals surface area contributed by atoms with Gasteiger partial charge in [-0.2, -0.15) is 0 Å². The molecule has 3 rings (SSSR count). The highest BCUT2D eigenvalue weighted by Crippen LogP contribution is 2.28. The van der Waals surface area contributed by atoms with Gasteiger partial charge in [0.05, 0.1) is 15.5 Å². The Kier molecular flexibility index (Phi) is 7.06. The van der Waals surface area contributed by atoms with E-state index in [1.54, 1.807) is 24.3 Å². The molecule has 1 aromatic heterocycles. The van der Waals surface area contributed by atoms with Crippen molar-refractivity contribution < 1.29 is 14.4 Å². The standard InChI is InChI=1S/C20H22ClN3O3S/c21-15-8-5-4-7-14(15)19(26)22-11-10-18(25)23-24-20(27)17-12-13-6-2-1-3-9-16(13)28-17/h4-5,7-8,12H,1-3,6,9-11H2,(H,22,26)(H,23,25)(H,24,27). The average Bonchev–Trinajstić information content (AvgIpc) is 2.97. The van der Waals surface area contributed by atoms with Gasteiger partial charge in [0.15, 0.2) is 0 Å². The van der Waals surface area contributed by atoms with Crippen molar-refractivity contribution in [3.8, 4) is 0 Å². The fourth-order valence-corrected chi connectivity index (χ4v) is 4.43. The molecular weight excluding hydrogens is 398 g/mol. The van der Waals surface area contributed by atoms with Crippen LogP contribution in [0.1, 0.15) is 56.2 Å². The molecular formula is C20H22ClN3O3S. The molecule has 0 saturated carbocycles. The van der Waals surface area contributed by atoms with Gasteiger partial charge in [0, 0.05) is 17.8 Å². The number of thiophene rings is 1. The van der Waals surface area contributed by atoms with Gasteiger partial charge >= 0.3 is 0 Å². The number of halogens is 1. The van der Waals surface area contributed by atoms with E-state index in [1.165, 1.54) is 28.2 Å². The van der Waals surface area contributed by atoms with Crippen LogP contribution in [-0.2, 0) is 17.6 Å². The second-order valence-corrected chi connectivity index (χ2v) is 8.15. The Morgan fingerprint density at radius 3 is 2.61 bits per heavy atom. The third-order valence-corrected chi connectivity index (χ3v) is 6.11.